The van der Waals surface area contributed by atoms with Crippen LogP contribution in [0.1, 0.15) is 19.4 Å². The van der Waals surface area contributed by atoms with Crippen LogP contribution in [0.2, 0.25) is 0 Å². The van der Waals surface area contributed by atoms with Crippen molar-refractivity contribution in [3.63, 3.8) is 0 Å². The molecular formula is C13H17IO4. The lowest BCUT2D eigenvalue weighted by atomic mass is 10.1. The Hall–Kier alpha value is -0.980. The summed E-state index contributed by atoms with van der Waals surface area (Å²) in [5.41, 5.74) is 1.04. The minimum atomic E-state index is -0.271. The first-order chi connectivity index (χ1) is 8.47. The first-order valence-electron chi connectivity index (χ1n) is 5.55. The maximum absolute atomic E-state index is 10.9. The Balaban J connectivity index is 2.96. The highest BCUT2D eigenvalue weighted by Gasteiger charge is 2.14. The molecule has 0 amide bonds. The molecule has 1 aromatic carbocycles. The molecule has 1 aromatic rings. The number of hydrogen-bond donors (Lipinski definition) is 0. The SMILES string of the molecule is COc1cc(C[C@H](C)OC(C)=O)c(I)c(OC)c1. The van der Waals surface area contributed by atoms with Gasteiger partial charge in [0.2, 0.25) is 0 Å². The van der Waals surface area contributed by atoms with E-state index in [1.54, 1.807) is 14.2 Å². The molecule has 0 saturated heterocycles. The highest BCUT2D eigenvalue weighted by atomic mass is 127. The van der Waals surface area contributed by atoms with Crippen LogP contribution in [-0.4, -0.2) is 26.3 Å². The summed E-state index contributed by atoms with van der Waals surface area (Å²) in [5.74, 6) is 1.23. The second-order valence-electron chi connectivity index (χ2n) is 3.93. The van der Waals surface area contributed by atoms with Gasteiger partial charge in [-0.15, -0.1) is 0 Å². The number of hydrogen-bond acceptors (Lipinski definition) is 4. The quantitative estimate of drug-likeness (QED) is 0.596. The Morgan fingerprint density at radius 2 is 2.00 bits per heavy atom. The van der Waals surface area contributed by atoms with Gasteiger partial charge in [0.15, 0.2) is 0 Å². The molecule has 1 rings (SSSR count). The van der Waals surface area contributed by atoms with Gasteiger partial charge in [0, 0.05) is 19.4 Å². The first-order valence-corrected chi connectivity index (χ1v) is 6.63. The van der Waals surface area contributed by atoms with Gasteiger partial charge in [0.25, 0.3) is 0 Å². The third-order valence-corrected chi connectivity index (χ3v) is 3.64. The molecule has 0 N–H and O–H groups in total. The van der Waals surface area contributed by atoms with Crippen LogP contribution in [0.15, 0.2) is 12.1 Å². The number of benzene rings is 1. The minimum absolute atomic E-state index is 0.173. The van der Waals surface area contributed by atoms with Gasteiger partial charge < -0.3 is 14.2 Å². The fourth-order valence-corrected chi connectivity index (χ4v) is 2.43. The molecule has 0 fully saturated rings. The Bertz CT molecular complexity index is 431. The first kappa shape index (κ1) is 15.1. The van der Waals surface area contributed by atoms with E-state index in [2.05, 4.69) is 22.6 Å². The Labute approximate surface area is 121 Å². The summed E-state index contributed by atoms with van der Waals surface area (Å²) in [6.07, 6.45) is 0.457. The fourth-order valence-electron chi connectivity index (χ4n) is 1.68. The van der Waals surface area contributed by atoms with Crippen molar-refractivity contribution in [3.8, 4) is 11.5 Å². The average molecular weight is 364 g/mol. The largest absolute Gasteiger partial charge is 0.497 e. The number of carbonyl (C=O) groups excluding carboxylic acids is 1. The molecule has 5 heteroatoms. The van der Waals surface area contributed by atoms with Crippen molar-refractivity contribution < 1.29 is 19.0 Å². The van der Waals surface area contributed by atoms with Gasteiger partial charge in [-0.1, -0.05) is 0 Å². The molecule has 0 bridgehead atoms. The smallest absolute Gasteiger partial charge is 0.302 e. The predicted molar refractivity (Wildman–Crippen MR) is 77.2 cm³/mol. The van der Waals surface area contributed by atoms with Crippen molar-refractivity contribution >= 4 is 28.6 Å². The van der Waals surface area contributed by atoms with Gasteiger partial charge in [0.05, 0.1) is 17.8 Å². The molecule has 18 heavy (non-hydrogen) atoms. The Morgan fingerprint density at radius 1 is 1.33 bits per heavy atom. The topological polar surface area (TPSA) is 44.8 Å². The van der Waals surface area contributed by atoms with Gasteiger partial charge in [-0.3, -0.25) is 4.79 Å². The zero-order valence-electron chi connectivity index (χ0n) is 11.0. The van der Waals surface area contributed by atoms with E-state index in [9.17, 15) is 4.79 Å². The van der Waals surface area contributed by atoms with Gasteiger partial charge in [-0.25, -0.2) is 0 Å². The predicted octanol–water partition coefficient (Wildman–Crippen LogP) is 2.80. The zero-order valence-corrected chi connectivity index (χ0v) is 13.1. The van der Waals surface area contributed by atoms with Crippen molar-refractivity contribution in [2.45, 2.75) is 26.4 Å². The number of methoxy groups -OCH3 is 2. The second-order valence-corrected chi connectivity index (χ2v) is 5.01. The van der Waals surface area contributed by atoms with Crippen molar-refractivity contribution in [1.29, 1.82) is 0 Å². The molecular weight excluding hydrogens is 347 g/mol. The monoisotopic (exact) mass is 364 g/mol. The highest BCUT2D eigenvalue weighted by Crippen LogP contribution is 2.31. The third-order valence-electron chi connectivity index (χ3n) is 2.42. The summed E-state index contributed by atoms with van der Waals surface area (Å²) < 4.78 is 16.7. The maximum Gasteiger partial charge on any atom is 0.302 e. The van der Waals surface area contributed by atoms with Crippen LogP contribution < -0.4 is 9.47 Å². The van der Waals surface area contributed by atoms with Crippen LogP contribution in [0.5, 0.6) is 11.5 Å². The summed E-state index contributed by atoms with van der Waals surface area (Å²) in [4.78, 5) is 10.9. The van der Waals surface area contributed by atoms with E-state index in [0.717, 1.165) is 20.6 Å². The fraction of sp³-hybridized carbons (Fsp3) is 0.462. The minimum Gasteiger partial charge on any atom is -0.497 e. The van der Waals surface area contributed by atoms with Crippen LogP contribution in [0, 0.1) is 3.57 Å². The molecule has 0 spiro atoms. The highest BCUT2D eigenvalue weighted by molar-refractivity contribution is 14.1. The van der Waals surface area contributed by atoms with Gasteiger partial charge in [-0.05, 0) is 41.1 Å². The van der Waals surface area contributed by atoms with Gasteiger partial charge >= 0.3 is 5.97 Å². The number of rotatable bonds is 5. The van der Waals surface area contributed by atoms with Crippen LogP contribution in [-0.2, 0) is 16.0 Å². The molecule has 0 saturated carbocycles. The number of halogens is 1. The van der Waals surface area contributed by atoms with Crippen LogP contribution >= 0.6 is 22.6 Å². The van der Waals surface area contributed by atoms with Crippen molar-refractivity contribution in [1.82, 2.24) is 0 Å². The average Bonchev–Trinajstić information content (AvgIpc) is 2.30. The van der Waals surface area contributed by atoms with Crippen molar-refractivity contribution in [3.05, 3.63) is 21.3 Å². The molecule has 0 radical (unpaired) electrons. The molecule has 0 heterocycles. The lowest BCUT2D eigenvalue weighted by molar-refractivity contribution is -0.145. The molecule has 0 unspecified atom stereocenters. The van der Waals surface area contributed by atoms with E-state index in [-0.39, 0.29) is 12.1 Å². The number of carbonyl (C=O) groups is 1. The Kier molecular flexibility index (Phi) is 5.71. The molecule has 0 aliphatic carbocycles. The van der Waals surface area contributed by atoms with Gasteiger partial charge in [0.1, 0.15) is 17.6 Å². The third kappa shape index (κ3) is 4.04. The standard InChI is InChI=1S/C13H17IO4/c1-8(18-9(2)15)5-10-6-11(16-3)7-12(17-4)13(10)14/h6-8H,5H2,1-4H3/t8-/m0/s1. The molecule has 1 atom stereocenters. The van der Waals surface area contributed by atoms with E-state index >= 15 is 0 Å². The van der Waals surface area contributed by atoms with Crippen molar-refractivity contribution in [2.75, 3.05) is 14.2 Å². The van der Waals surface area contributed by atoms with E-state index in [0.29, 0.717) is 6.42 Å². The summed E-state index contributed by atoms with van der Waals surface area (Å²) >= 11 is 2.22. The van der Waals surface area contributed by atoms with E-state index in [1.807, 2.05) is 19.1 Å². The zero-order chi connectivity index (χ0) is 13.7. The molecule has 0 aliphatic rings. The molecule has 4 nitrogen and oxygen atoms in total. The lowest BCUT2D eigenvalue weighted by Gasteiger charge is -2.15. The lowest BCUT2D eigenvalue weighted by Crippen LogP contribution is -2.15. The second kappa shape index (κ2) is 6.82. The van der Waals surface area contributed by atoms with Crippen LogP contribution in [0.3, 0.4) is 0 Å². The molecule has 0 aliphatic heterocycles. The maximum atomic E-state index is 10.9. The summed E-state index contributed by atoms with van der Waals surface area (Å²) in [7, 11) is 3.23. The normalized spacial score (nSPS) is 11.8. The van der Waals surface area contributed by atoms with Gasteiger partial charge in [-0.2, -0.15) is 0 Å². The summed E-state index contributed by atoms with van der Waals surface area (Å²) in [5, 5.41) is 0. The van der Waals surface area contributed by atoms with Crippen LogP contribution in [0.25, 0.3) is 0 Å². The van der Waals surface area contributed by atoms with Crippen molar-refractivity contribution in [2.24, 2.45) is 0 Å². The summed E-state index contributed by atoms with van der Waals surface area (Å²) in [6, 6.07) is 3.77. The molecule has 0 aromatic heterocycles. The molecule has 100 valence electrons. The number of ether oxygens (including phenoxy) is 3. The summed E-state index contributed by atoms with van der Waals surface area (Å²) in [6.45, 7) is 3.27. The number of esters is 1. The van der Waals surface area contributed by atoms with Crippen LogP contribution in [0.4, 0.5) is 0 Å². The van der Waals surface area contributed by atoms with E-state index in [4.69, 9.17) is 14.2 Å². The van der Waals surface area contributed by atoms with E-state index < -0.39 is 0 Å². The Morgan fingerprint density at radius 3 is 2.50 bits per heavy atom. The van der Waals surface area contributed by atoms with E-state index in [1.165, 1.54) is 6.92 Å².